The molecule has 0 aliphatic carbocycles. The topological polar surface area (TPSA) is 97.4 Å². The van der Waals surface area contributed by atoms with Gasteiger partial charge in [0.05, 0.1) is 21.1 Å². The number of carbonyl (C=O) groups is 1. The van der Waals surface area contributed by atoms with Crippen LogP contribution in [0.5, 0.6) is 5.75 Å². The molecule has 2 heterocycles. The first kappa shape index (κ1) is 22.9. The van der Waals surface area contributed by atoms with Gasteiger partial charge in [-0.2, -0.15) is 4.72 Å². The van der Waals surface area contributed by atoms with Crippen molar-refractivity contribution in [2.24, 2.45) is 0 Å². The van der Waals surface area contributed by atoms with Crippen LogP contribution in [0, 0.1) is 0 Å². The summed E-state index contributed by atoms with van der Waals surface area (Å²) < 4.78 is 35.2. The minimum Gasteiger partial charge on any atom is -0.497 e. The molecule has 1 amide bonds. The number of benzene rings is 2. The summed E-state index contributed by atoms with van der Waals surface area (Å²) in [5.41, 5.74) is 1.55. The number of methoxy groups -OCH3 is 1. The Morgan fingerprint density at radius 3 is 2.59 bits per heavy atom. The van der Waals surface area contributed by atoms with E-state index in [9.17, 15) is 13.2 Å². The molecule has 32 heavy (non-hydrogen) atoms. The number of hydrogen-bond donors (Lipinski definition) is 2. The zero-order chi connectivity index (χ0) is 22.7. The van der Waals surface area contributed by atoms with Crippen molar-refractivity contribution < 1.29 is 17.9 Å². The van der Waals surface area contributed by atoms with Gasteiger partial charge in [0.15, 0.2) is 5.13 Å². The van der Waals surface area contributed by atoms with Crippen molar-refractivity contribution in [3.05, 3.63) is 70.0 Å². The van der Waals surface area contributed by atoms with Crippen molar-refractivity contribution in [2.45, 2.75) is 16.7 Å². The standard InChI is InChI=1S/C21H18BrN3O4S3/c1-29-14-7-8-15-17(12-14)30-21(23-15)24-20(26)16(11-13-5-3-2-4-6-13)25-32(27,28)19-10-9-18(22)31-19/h2-10,12,16,25H,11H2,1H3,(H,23,24,26)/t16-/m0/s1. The van der Waals surface area contributed by atoms with Gasteiger partial charge in [-0.1, -0.05) is 41.7 Å². The molecule has 0 aliphatic heterocycles. The molecule has 11 heteroatoms. The van der Waals surface area contributed by atoms with E-state index in [1.165, 1.54) is 17.4 Å². The van der Waals surface area contributed by atoms with Crippen LogP contribution in [-0.2, 0) is 21.2 Å². The zero-order valence-corrected chi connectivity index (χ0v) is 20.8. The van der Waals surface area contributed by atoms with Crippen molar-refractivity contribution in [1.29, 1.82) is 0 Å². The Labute approximate surface area is 201 Å². The fraction of sp³-hybridized carbons (Fsp3) is 0.143. The quantitative estimate of drug-likeness (QED) is 0.332. The summed E-state index contributed by atoms with van der Waals surface area (Å²) >= 11 is 5.65. The maximum absolute atomic E-state index is 13.1. The number of ether oxygens (including phenoxy) is 1. The molecule has 7 nitrogen and oxygen atoms in total. The van der Waals surface area contributed by atoms with Gasteiger partial charge in [0.1, 0.15) is 16.0 Å². The maximum atomic E-state index is 13.1. The van der Waals surface area contributed by atoms with Gasteiger partial charge in [0.2, 0.25) is 5.91 Å². The third kappa shape index (κ3) is 5.36. The Balaban J connectivity index is 1.59. The van der Waals surface area contributed by atoms with E-state index < -0.39 is 22.0 Å². The second-order valence-electron chi connectivity index (χ2n) is 6.76. The molecule has 0 radical (unpaired) electrons. The van der Waals surface area contributed by atoms with Gasteiger partial charge < -0.3 is 10.1 Å². The highest BCUT2D eigenvalue weighted by Crippen LogP contribution is 2.30. The molecule has 166 valence electrons. The van der Waals surface area contributed by atoms with E-state index in [0.29, 0.717) is 14.7 Å². The predicted molar refractivity (Wildman–Crippen MR) is 131 cm³/mol. The Bertz CT molecular complexity index is 1350. The molecule has 0 saturated heterocycles. The molecule has 0 spiro atoms. The zero-order valence-electron chi connectivity index (χ0n) is 16.7. The Morgan fingerprint density at radius 2 is 1.91 bits per heavy atom. The highest BCUT2D eigenvalue weighted by Gasteiger charge is 2.28. The number of anilines is 1. The number of hydrogen-bond acceptors (Lipinski definition) is 7. The van der Waals surface area contributed by atoms with Crippen LogP contribution in [0.15, 0.2) is 68.7 Å². The molecule has 4 rings (SSSR count). The smallest absolute Gasteiger partial charge is 0.250 e. The maximum Gasteiger partial charge on any atom is 0.250 e. The Hall–Kier alpha value is -2.31. The first-order valence-corrected chi connectivity index (χ1v) is 13.3. The number of sulfonamides is 1. The van der Waals surface area contributed by atoms with Gasteiger partial charge in [0, 0.05) is 0 Å². The van der Waals surface area contributed by atoms with Crippen LogP contribution >= 0.6 is 38.6 Å². The number of nitrogens with zero attached hydrogens (tertiary/aromatic N) is 1. The monoisotopic (exact) mass is 551 g/mol. The number of amides is 1. The fourth-order valence-corrected chi connectivity index (χ4v) is 7.12. The number of halogens is 1. The van der Waals surface area contributed by atoms with Gasteiger partial charge in [-0.05, 0) is 58.2 Å². The third-order valence-corrected chi connectivity index (χ3v) is 9.06. The molecule has 0 fully saturated rings. The van der Waals surface area contributed by atoms with E-state index in [4.69, 9.17) is 4.74 Å². The van der Waals surface area contributed by atoms with Crippen LogP contribution in [0.4, 0.5) is 5.13 Å². The van der Waals surface area contributed by atoms with Crippen LogP contribution in [0.1, 0.15) is 5.56 Å². The molecule has 1 atom stereocenters. The Kier molecular flexibility index (Phi) is 6.91. The molecule has 4 aromatic rings. The Morgan fingerprint density at radius 1 is 1.12 bits per heavy atom. The van der Waals surface area contributed by atoms with Crippen LogP contribution in [0.2, 0.25) is 0 Å². The average Bonchev–Trinajstić information content (AvgIpc) is 3.39. The lowest BCUT2D eigenvalue weighted by Crippen LogP contribution is -2.45. The number of thiazole rings is 1. The van der Waals surface area contributed by atoms with E-state index in [0.717, 1.165) is 27.1 Å². The summed E-state index contributed by atoms with van der Waals surface area (Å²) in [6.07, 6.45) is 0.192. The lowest BCUT2D eigenvalue weighted by Gasteiger charge is -2.17. The van der Waals surface area contributed by atoms with Gasteiger partial charge >= 0.3 is 0 Å². The van der Waals surface area contributed by atoms with Crippen molar-refractivity contribution in [1.82, 2.24) is 9.71 Å². The number of rotatable bonds is 8. The van der Waals surface area contributed by atoms with Crippen molar-refractivity contribution in [3.63, 3.8) is 0 Å². The van der Waals surface area contributed by atoms with Crippen molar-refractivity contribution >= 4 is 69.9 Å². The summed E-state index contributed by atoms with van der Waals surface area (Å²) in [6.45, 7) is 0. The molecule has 2 N–H and O–H groups in total. The van der Waals surface area contributed by atoms with Gasteiger partial charge in [-0.3, -0.25) is 4.79 Å². The summed E-state index contributed by atoms with van der Waals surface area (Å²) in [5, 5.41) is 3.15. The van der Waals surface area contributed by atoms with E-state index in [2.05, 4.69) is 31.0 Å². The number of carbonyl (C=O) groups excluding carboxylic acids is 1. The second-order valence-corrected chi connectivity index (χ2v) is 12.2. The molecule has 0 saturated carbocycles. The molecule has 0 aliphatic rings. The van der Waals surface area contributed by atoms with Crippen LogP contribution in [-0.4, -0.2) is 32.5 Å². The van der Waals surface area contributed by atoms with Crippen LogP contribution in [0.3, 0.4) is 0 Å². The molecular formula is C21H18BrN3O4S3. The fourth-order valence-electron chi connectivity index (χ4n) is 3.00. The van der Waals surface area contributed by atoms with Gasteiger partial charge in [0.25, 0.3) is 10.0 Å². The highest BCUT2D eigenvalue weighted by molar-refractivity contribution is 9.11. The molecule has 0 bridgehead atoms. The lowest BCUT2D eigenvalue weighted by atomic mass is 10.1. The minimum atomic E-state index is -3.89. The molecular weight excluding hydrogens is 534 g/mol. The third-order valence-electron chi connectivity index (χ3n) is 4.54. The first-order valence-electron chi connectivity index (χ1n) is 9.41. The molecule has 0 unspecified atom stereocenters. The van der Waals surface area contributed by atoms with Crippen molar-refractivity contribution in [2.75, 3.05) is 12.4 Å². The van der Waals surface area contributed by atoms with Crippen LogP contribution in [0.25, 0.3) is 10.2 Å². The highest BCUT2D eigenvalue weighted by atomic mass is 79.9. The first-order chi connectivity index (χ1) is 15.3. The summed E-state index contributed by atoms with van der Waals surface area (Å²) in [5.74, 6) is 0.204. The number of nitrogens with one attached hydrogen (secondary N) is 2. The summed E-state index contributed by atoms with van der Waals surface area (Å²) in [6, 6.07) is 16.8. The van der Waals surface area contributed by atoms with Gasteiger partial charge in [-0.15, -0.1) is 11.3 Å². The van der Waals surface area contributed by atoms with E-state index in [-0.39, 0.29) is 10.6 Å². The predicted octanol–water partition coefficient (Wildman–Crippen LogP) is 4.66. The van der Waals surface area contributed by atoms with E-state index in [1.54, 1.807) is 25.3 Å². The molecule has 2 aromatic carbocycles. The largest absolute Gasteiger partial charge is 0.497 e. The van der Waals surface area contributed by atoms with Gasteiger partial charge in [-0.25, -0.2) is 13.4 Å². The number of fused-ring (bicyclic) bond motifs is 1. The SMILES string of the molecule is COc1ccc2nc(NC(=O)[C@H](Cc3ccccc3)NS(=O)(=O)c3ccc(Br)s3)sc2c1. The number of aromatic nitrogens is 1. The second kappa shape index (κ2) is 9.67. The van der Waals surface area contributed by atoms with Crippen molar-refractivity contribution in [3.8, 4) is 5.75 Å². The average molecular weight is 552 g/mol. The summed E-state index contributed by atoms with van der Waals surface area (Å²) in [7, 11) is -2.30. The van der Waals surface area contributed by atoms with E-state index in [1.807, 2.05) is 36.4 Å². The lowest BCUT2D eigenvalue weighted by molar-refractivity contribution is -0.117. The molecule has 2 aromatic heterocycles. The minimum absolute atomic E-state index is 0.127. The summed E-state index contributed by atoms with van der Waals surface area (Å²) in [4.78, 5) is 17.6. The number of thiophene rings is 1. The van der Waals surface area contributed by atoms with Crippen LogP contribution < -0.4 is 14.8 Å². The normalized spacial score (nSPS) is 12.6. The van der Waals surface area contributed by atoms with E-state index >= 15 is 0 Å².